The van der Waals surface area contributed by atoms with E-state index in [0.29, 0.717) is 6.61 Å². The zero-order valence-electron chi connectivity index (χ0n) is 9.70. The molecule has 0 spiro atoms. The molecule has 0 aliphatic rings. The average molecular weight is 224 g/mol. The Labute approximate surface area is 85.9 Å². The van der Waals surface area contributed by atoms with Crippen LogP contribution in [0.25, 0.3) is 0 Å². The Morgan fingerprint density at radius 2 is 1.71 bits per heavy atom. The van der Waals surface area contributed by atoms with Crippen LogP contribution in [0.1, 0.15) is 0 Å². The summed E-state index contributed by atoms with van der Waals surface area (Å²) in [5, 5.41) is 0. The predicted octanol–water partition coefficient (Wildman–Crippen LogP) is 1.18. The second-order valence-corrected chi connectivity index (χ2v) is 11.1. The maximum atomic E-state index is 11.3. The van der Waals surface area contributed by atoms with Crippen LogP contribution in [0.15, 0.2) is 0 Å². The molecule has 86 valence electrons. The number of carbonyl (C=O) groups excluding carboxylic acids is 1. The van der Waals surface area contributed by atoms with Gasteiger partial charge in [-0.05, 0) is 0 Å². The summed E-state index contributed by atoms with van der Waals surface area (Å²) in [6.45, 7) is 4.28. The van der Waals surface area contributed by atoms with E-state index in [-0.39, 0.29) is 12.6 Å². The molecule has 0 aromatic heterocycles. The quantitative estimate of drug-likeness (QED) is 0.635. The van der Waals surface area contributed by atoms with Gasteiger partial charge in [0.1, 0.15) is 0 Å². The van der Waals surface area contributed by atoms with Crippen molar-refractivity contribution in [1.29, 1.82) is 0 Å². The van der Waals surface area contributed by atoms with E-state index in [1.807, 2.05) is 20.0 Å². The van der Waals surface area contributed by atoms with E-state index in [4.69, 9.17) is 14.0 Å². The van der Waals surface area contributed by atoms with Gasteiger partial charge in [-0.15, -0.1) is 0 Å². The molecule has 0 aliphatic heterocycles. The number of ether oxygens (including phenoxy) is 2. The van der Waals surface area contributed by atoms with E-state index in [2.05, 4.69) is 0 Å². The summed E-state index contributed by atoms with van der Waals surface area (Å²) in [5.41, 5.74) is 0. The average Bonchev–Trinajstić information content (AvgIpc) is 1.99. The molecule has 0 saturated carbocycles. The molecule has 0 bridgehead atoms. The first-order chi connectivity index (χ1) is 6.28. The number of hydrogen-bond donors (Lipinski definition) is 0. The molecule has 4 nitrogen and oxygen atoms in total. The number of hydrogen-bond acceptors (Lipinski definition) is 4. The van der Waals surface area contributed by atoms with Gasteiger partial charge in [-0.25, -0.2) is 0 Å². The van der Waals surface area contributed by atoms with Gasteiger partial charge in [0.05, 0.1) is 0 Å². The van der Waals surface area contributed by atoms with Gasteiger partial charge in [0, 0.05) is 0 Å². The number of rotatable bonds is 6. The van der Waals surface area contributed by atoms with Gasteiger partial charge < -0.3 is 0 Å². The SMILES string of the molecule is COCCP(C)(C)(C)OC(=O)COC. The van der Waals surface area contributed by atoms with Crippen molar-refractivity contribution in [3.8, 4) is 0 Å². The van der Waals surface area contributed by atoms with E-state index >= 15 is 0 Å². The third kappa shape index (κ3) is 6.30. The molecule has 0 N–H and O–H groups in total. The molecule has 0 saturated heterocycles. The third-order valence-electron chi connectivity index (χ3n) is 1.76. The summed E-state index contributed by atoms with van der Waals surface area (Å²) < 4.78 is 15.2. The molecular weight excluding hydrogens is 203 g/mol. The molecule has 0 aromatic carbocycles. The Bertz CT molecular complexity index is 195. The summed E-state index contributed by atoms with van der Waals surface area (Å²) in [6, 6.07) is 0. The Morgan fingerprint density at radius 3 is 2.14 bits per heavy atom. The molecule has 0 amide bonds. The van der Waals surface area contributed by atoms with Crippen molar-refractivity contribution >= 4 is 12.8 Å². The van der Waals surface area contributed by atoms with Crippen LogP contribution in [0, 0.1) is 0 Å². The van der Waals surface area contributed by atoms with Crippen molar-refractivity contribution in [3.05, 3.63) is 0 Å². The minimum absolute atomic E-state index is 0.0143. The zero-order chi connectivity index (χ0) is 11.3. The van der Waals surface area contributed by atoms with Crippen LogP contribution in [0.4, 0.5) is 0 Å². The maximum absolute atomic E-state index is 11.3. The second kappa shape index (κ2) is 5.06. The third-order valence-corrected chi connectivity index (χ3v) is 4.35. The van der Waals surface area contributed by atoms with Crippen LogP contribution < -0.4 is 0 Å². The molecule has 0 rings (SSSR count). The van der Waals surface area contributed by atoms with Crippen LogP contribution in [0.2, 0.25) is 0 Å². The molecule has 0 aromatic rings. The summed E-state index contributed by atoms with van der Waals surface area (Å²) in [7, 11) is 3.12. The van der Waals surface area contributed by atoms with E-state index in [9.17, 15) is 4.79 Å². The van der Waals surface area contributed by atoms with E-state index in [0.717, 1.165) is 6.16 Å². The first-order valence-electron chi connectivity index (χ1n) is 4.50. The van der Waals surface area contributed by atoms with Crippen LogP contribution in [0.5, 0.6) is 0 Å². The van der Waals surface area contributed by atoms with E-state index in [1.165, 1.54) is 7.11 Å². The van der Waals surface area contributed by atoms with Crippen LogP contribution in [-0.2, 0) is 18.8 Å². The van der Waals surface area contributed by atoms with E-state index < -0.39 is 6.83 Å². The molecule has 14 heavy (non-hydrogen) atoms. The molecule has 0 heterocycles. The summed E-state index contributed by atoms with van der Waals surface area (Å²) in [4.78, 5) is 11.3. The summed E-state index contributed by atoms with van der Waals surface area (Å²) in [6.07, 6.45) is 0.775. The molecule has 0 atom stereocenters. The summed E-state index contributed by atoms with van der Waals surface area (Å²) >= 11 is 0. The van der Waals surface area contributed by atoms with Crippen molar-refractivity contribution in [2.24, 2.45) is 0 Å². The zero-order valence-corrected chi connectivity index (χ0v) is 10.6. The van der Waals surface area contributed by atoms with Gasteiger partial charge in [0.2, 0.25) is 0 Å². The van der Waals surface area contributed by atoms with Crippen molar-refractivity contribution in [3.63, 3.8) is 0 Å². The fourth-order valence-electron chi connectivity index (χ4n) is 0.970. The van der Waals surface area contributed by atoms with Crippen molar-refractivity contribution in [1.82, 2.24) is 0 Å². The van der Waals surface area contributed by atoms with Gasteiger partial charge in [-0.3, -0.25) is 0 Å². The van der Waals surface area contributed by atoms with Gasteiger partial charge >= 0.3 is 85.2 Å². The van der Waals surface area contributed by atoms with Crippen LogP contribution >= 0.6 is 6.83 Å². The number of carbonyl (C=O) groups is 1. The van der Waals surface area contributed by atoms with Crippen molar-refractivity contribution in [2.75, 3.05) is 53.6 Å². The first-order valence-corrected chi connectivity index (χ1v) is 8.18. The van der Waals surface area contributed by atoms with Crippen LogP contribution in [0.3, 0.4) is 0 Å². The normalized spacial score (nSPS) is 14.5. The number of methoxy groups -OCH3 is 2. The second-order valence-electron chi connectivity index (χ2n) is 4.58. The van der Waals surface area contributed by atoms with Gasteiger partial charge in [0.25, 0.3) is 0 Å². The van der Waals surface area contributed by atoms with Crippen LogP contribution in [-0.4, -0.2) is 59.6 Å². The Morgan fingerprint density at radius 1 is 1.14 bits per heavy atom. The Balaban J connectivity index is 4.20. The fraction of sp³-hybridized carbons (Fsp3) is 0.889. The minimum atomic E-state index is -2.34. The molecule has 0 radical (unpaired) electrons. The molecule has 0 fully saturated rings. The van der Waals surface area contributed by atoms with Gasteiger partial charge in [0.15, 0.2) is 0 Å². The van der Waals surface area contributed by atoms with E-state index in [1.54, 1.807) is 7.11 Å². The Kier molecular flexibility index (Phi) is 4.99. The monoisotopic (exact) mass is 224 g/mol. The standard InChI is InChI=1S/C9H21O4P/c1-11-6-7-14(3,4,5)13-9(10)8-12-2/h6-8H2,1-5H3. The van der Waals surface area contributed by atoms with Crippen molar-refractivity contribution < 1.29 is 18.8 Å². The Hall–Kier alpha value is -0.180. The van der Waals surface area contributed by atoms with Gasteiger partial charge in [-0.2, -0.15) is 0 Å². The molecular formula is C9H21O4P. The molecule has 0 unspecified atom stereocenters. The molecule has 0 aliphatic carbocycles. The molecule has 5 heteroatoms. The van der Waals surface area contributed by atoms with Crippen molar-refractivity contribution in [2.45, 2.75) is 0 Å². The summed E-state index contributed by atoms with van der Waals surface area (Å²) in [5.74, 6) is -0.297. The fourth-order valence-corrected chi connectivity index (χ4v) is 2.67. The predicted molar refractivity (Wildman–Crippen MR) is 59.4 cm³/mol. The van der Waals surface area contributed by atoms with Gasteiger partial charge in [-0.1, -0.05) is 0 Å². The first kappa shape index (κ1) is 13.8. The topological polar surface area (TPSA) is 44.8 Å².